The van der Waals surface area contributed by atoms with Crippen molar-refractivity contribution >= 4 is 23.5 Å². The van der Waals surface area contributed by atoms with Gasteiger partial charge in [0.25, 0.3) is 0 Å². The van der Waals surface area contributed by atoms with Crippen molar-refractivity contribution in [2.45, 2.75) is 40.5 Å². The lowest BCUT2D eigenvalue weighted by molar-refractivity contribution is -0.148. The molecule has 2 N–H and O–H groups in total. The molecule has 0 heterocycles. The first kappa shape index (κ1) is 17.3. The van der Waals surface area contributed by atoms with E-state index in [2.05, 4.69) is 0 Å². The Morgan fingerprint density at radius 2 is 1.26 bits per heavy atom. The molecule has 2 unspecified atom stereocenters. The van der Waals surface area contributed by atoms with E-state index in [1.54, 1.807) is 20.8 Å². The molecule has 0 spiro atoms. The maximum atomic E-state index is 12.2. The maximum absolute atomic E-state index is 12.2. The molecule has 0 saturated carbocycles. The molecule has 0 aromatic rings. The predicted molar refractivity (Wildman–Crippen MR) is 66.6 cm³/mol. The van der Waals surface area contributed by atoms with E-state index >= 15 is 0 Å². The molecule has 108 valence electrons. The second kappa shape index (κ2) is 6.45. The molecule has 0 saturated heterocycles. The molecular formula is C13H20O6. The average Bonchev–Trinajstić information content (AvgIpc) is 2.19. The van der Waals surface area contributed by atoms with Crippen LogP contribution >= 0.6 is 0 Å². The molecular weight excluding hydrogens is 252 g/mol. The van der Waals surface area contributed by atoms with Gasteiger partial charge in [-0.3, -0.25) is 19.2 Å². The van der Waals surface area contributed by atoms with Gasteiger partial charge in [-0.15, -0.1) is 0 Å². The number of carbonyl (C=O) groups excluding carboxylic acids is 2. The van der Waals surface area contributed by atoms with Crippen LogP contribution in [0.3, 0.4) is 0 Å². The van der Waals surface area contributed by atoms with Crippen LogP contribution in [0.15, 0.2) is 0 Å². The summed E-state index contributed by atoms with van der Waals surface area (Å²) >= 11 is 0. The third-order valence-corrected chi connectivity index (χ3v) is 2.87. The monoisotopic (exact) mass is 272 g/mol. The van der Waals surface area contributed by atoms with Gasteiger partial charge in [0.15, 0.2) is 0 Å². The van der Waals surface area contributed by atoms with Crippen LogP contribution in [0, 0.1) is 17.3 Å². The largest absolute Gasteiger partial charge is 0.481 e. The molecule has 0 aliphatic heterocycles. The number of ketones is 2. The van der Waals surface area contributed by atoms with Gasteiger partial charge in [-0.1, -0.05) is 20.8 Å². The standard InChI is InChI=1S/C13H20O6/c1-7(14)8(5-10(15)16)9(6-11(17)18)12(19)13(2,3)4/h8-9H,5-6H2,1-4H3,(H,15,16)(H,17,18). The molecule has 0 aromatic heterocycles. The molecule has 0 aliphatic rings. The summed E-state index contributed by atoms with van der Waals surface area (Å²) < 4.78 is 0. The highest BCUT2D eigenvalue weighted by molar-refractivity contribution is 5.95. The van der Waals surface area contributed by atoms with Crippen molar-refractivity contribution in [1.29, 1.82) is 0 Å². The Kier molecular flexibility index (Phi) is 5.86. The third-order valence-electron chi connectivity index (χ3n) is 2.87. The second-order valence-electron chi connectivity index (χ2n) is 5.63. The van der Waals surface area contributed by atoms with Crippen LogP contribution in [0.25, 0.3) is 0 Å². The maximum Gasteiger partial charge on any atom is 0.304 e. The summed E-state index contributed by atoms with van der Waals surface area (Å²) in [5.74, 6) is -5.54. The Bertz CT molecular complexity index is 390. The van der Waals surface area contributed by atoms with Crippen LogP contribution < -0.4 is 0 Å². The summed E-state index contributed by atoms with van der Waals surface area (Å²) in [7, 11) is 0. The Morgan fingerprint density at radius 1 is 0.895 bits per heavy atom. The molecule has 0 bridgehead atoms. The fourth-order valence-electron chi connectivity index (χ4n) is 1.92. The van der Waals surface area contributed by atoms with Gasteiger partial charge in [-0.05, 0) is 6.92 Å². The lowest BCUT2D eigenvalue weighted by atomic mass is 9.73. The number of rotatable bonds is 7. The number of hydrogen-bond donors (Lipinski definition) is 2. The summed E-state index contributed by atoms with van der Waals surface area (Å²) in [5.41, 5.74) is -0.827. The highest BCUT2D eigenvalue weighted by Gasteiger charge is 2.39. The fourth-order valence-corrected chi connectivity index (χ4v) is 1.92. The Hall–Kier alpha value is -1.72. The van der Waals surface area contributed by atoms with E-state index in [4.69, 9.17) is 10.2 Å². The summed E-state index contributed by atoms with van der Waals surface area (Å²) in [6.45, 7) is 6.02. The number of carboxylic acids is 2. The van der Waals surface area contributed by atoms with Crippen molar-refractivity contribution in [3.8, 4) is 0 Å². The van der Waals surface area contributed by atoms with Crippen LogP contribution in [0.1, 0.15) is 40.5 Å². The van der Waals surface area contributed by atoms with Crippen LogP contribution in [-0.2, 0) is 19.2 Å². The van der Waals surface area contributed by atoms with Crippen LogP contribution in [0.4, 0.5) is 0 Å². The zero-order chi connectivity index (χ0) is 15.4. The molecule has 0 radical (unpaired) electrons. The van der Waals surface area contributed by atoms with E-state index in [-0.39, 0.29) is 0 Å². The van der Waals surface area contributed by atoms with Gasteiger partial charge >= 0.3 is 11.9 Å². The van der Waals surface area contributed by atoms with E-state index in [1.165, 1.54) is 6.92 Å². The lowest BCUT2D eigenvalue weighted by Crippen LogP contribution is -2.38. The smallest absolute Gasteiger partial charge is 0.304 e. The Balaban J connectivity index is 5.41. The Labute approximate surface area is 111 Å². The molecule has 2 atom stereocenters. The summed E-state index contributed by atoms with van der Waals surface area (Å²) in [5, 5.41) is 17.6. The van der Waals surface area contributed by atoms with Crippen LogP contribution in [0.5, 0.6) is 0 Å². The minimum absolute atomic E-state index is 0.406. The fraction of sp³-hybridized carbons (Fsp3) is 0.692. The first-order valence-corrected chi connectivity index (χ1v) is 5.95. The highest BCUT2D eigenvalue weighted by Crippen LogP contribution is 2.30. The quantitative estimate of drug-likeness (QED) is 0.724. The van der Waals surface area contributed by atoms with Crippen molar-refractivity contribution in [1.82, 2.24) is 0 Å². The zero-order valence-electron chi connectivity index (χ0n) is 11.6. The molecule has 19 heavy (non-hydrogen) atoms. The number of hydrogen-bond acceptors (Lipinski definition) is 4. The normalized spacial score (nSPS) is 14.5. The second-order valence-corrected chi connectivity index (χ2v) is 5.63. The van der Waals surface area contributed by atoms with Crippen LogP contribution in [-0.4, -0.2) is 33.7 Å². The minimum atomic E-state index is -1.22. The van der Waals surface area contributed by atoms with Gasteiger partial charge in [0.05, 0.1) is 12.8 Å². The van der Waals surface area contributed by atoms with E-state index < -0.39 is 53.6 Å². The van der Waals surface area contributed by atoms with Gasteiger partial charge in [0.2, 0.25) is 0 Å². The van der Waals surface area contributed by atoms with E-state index in [0.717, 1.165) is 0 Å². The molecule has 6 nitrogen and oxygen atoms in total. The highest BCUT2D eigenvalue weighted by atomic mass is 16.4. The summed E-state index contributed by atoms with van der Waals surface area (Å²) in [4.78, 5) is 45.4. The van der Waals surface area contributed by atoms with E-state index in [0.29, 0.717) is 0 Å². The number of carbonyl (C=O) groups is 4. The Morgan fingerprint density at radius 3 is 1.53 bits per heavy atom. The molecule has 0 rings (SSSR count). The predicted octanol–water partition coefficient (Wildman–Crippen LogP) is 1.37. The van der Waals surface area contributed by atoms with Gasteiger partial charge < -0.3 is 10.2 Å². The average molecular weight is 272 g/mol. The van der Waals surface area contributed by atoms with Gasteiger partial charge in [0.1, 0.15) is 11.6 Å². The topological polar surface area (TPSA) is 109 Å². The zero-order valence-corrected chi connectivity index (χ0v) is 11.6. The van der Waals surface area contributed by atoms with Crippen molar-refractivity contribution in [2.75, 3.05) is 0 Å². The molecule has 0 aliphatic carbocycles. The van der Waals surface area contributed by atoms with Crippen molar-refractivity contribution in [3.05, 3.63) is 0 Å². The lowest BCUT2D eigenvalue weighted by Gasteiger charge is -2.28. The molecule has 6 heteroatoms. The third kappa shape index (κ3) is 5.63. The van der Waals surface area contributed by atoms with Crippen molar-refractivity contribution in [3.63, 3.8) is 0 Å². The number of carboxylic acid groups (broad SMARTS) is 2. The minimum Gasteiger partial charge on any atom is -0.481 e. The van der Waals surface area contributed by atoms with Gasteiger partial charge in [-0.2, -0.15) is 0 Å². The van der Waals surface area contributed by atoms with Crippen LogP contribution in [0.2, 0.25) is 0 Å². The summed E-state index contributed by atoms with van der Waals surface area (Å²) in [6.07, 6.45) is -1.07. The van der Waals surface area contributed by atoms with Gasteiger partial charge in [-0.25, -0.2) is 0 Å². The SMILES string of the molecule is CC(=O)C(CC(=O)O)C(CC(=O)O)C(=O)C(C)(C)C. The van der Waals surface area contributed by atoms with Crippen molar-refractivity contribution in [2.24, 2.45) is 17.3 Å². The molecule has 0 aromatic carbocycles. The first-order valence-electron chi connectivity index (χ1n) is 5.95. The van der Waals surface area contributed by atoms with E-state index in [1.807, 2.05) is 0 Å². The summed E-state index contributed by atoms with van der Waals surface area (Å²) in [6, 6.07) is 0. The van der Waals surface area contributed by atoms with Gasteiger partial charge in [0, 0.05) is 17.3 Å². The van der Waals surface area contributed by atoms with E-state index in [9.17, 15) is 19.2 Å². The number of aliphatic carboxylic acids is 2. The van der Waals surface area contributed by atoms with Crippen molar-refractivity contribution < 1.29 is 29.4 Å². The number of Topliss-reactive ketones (excluding diaryl/α,β-unsaturated/α-hetero) is 2. The molecule has 0 fully saturated rings. The first-order chi connectivity index (χ1) is 8.46. The molecule has 0 amide bonds.